The van der Waals surface area contributed by atoms with Crippen molar-refractivity contribution >= 4 is 11.9 Å². The molecule has 1 unspecified atom stereocenters. The lowest BCUT2D eigenvalue weighted by Gasteiger charge is -2.26. The predicted octanol–water partition coefficient (Wildman–Crippen LogP) is 1.88. The van der Waals surface area contributed by atoms with Crippen LogP contribution in [0.4, 0.5) is 0 Å². The van der Waals surface area contributed by atoms with Crippen LogP contribution in [0.5, 0.6) is 0 Å². The van der Waals surface area contributed by atoms with Crippen LogP contribution in [0.3, 0.4) is 0 Å². The van der Waals surface area contributed by atoms with Crippen molar-refractivity contribution in [1.29, 1.82) is 0 Å². The molecule has 1 aromatic heterocycles. The number of amides is 1. The van der Waals surface area contributed by atoms with Crippen molar-refractivity contribution in [2.24, 2.45) is 11.8 Å². The van der Waals surface area contributed by atoms with Gasteiger partial charge < -0.3 is 9.64 Å². The summed E-state index contributed by atoms with van der Waals surface area (Å²) in [5.41, 5.74) is 0.943. The van der Waals surface area contributed by atoms with Crippen LogP contribution in [0.2, 0.25) is 0 Å². The smallest absolute Gasteiger partial charge is 0.310 e. The van der Waals surface area contributed by atoms with Crippen LogP contribution >= 0.6 is 0 Å². The lowest BCUT2D eigenvalue weighted by Crippen LogP contribution is -2.39. The summed E-state index contributed by atoms with van der Waals surface area (Å²) >= 11 is 0. The van der Waals surface area contributed by atoms with Gasteiger partial charge in [0.1, 0.15) is 0 Å². The van der Waals surface area contributed by atoms with Crippen molar-refractivity contribution in [2.45, 2.75) is 27.3 Å². The molecule has 0 N–H and O–H groups in total. The predicted molar refractivity (Wildman–Crippen MR) is 75.7 cm³/mol. The second kappa shape index (κ2) is 7.62. The number of ether oxygens (including phenoxy) is 1. The number of carbonyl (C=O) groups excluding carboxylic acids is 2. The van der Waals surface area contributed by atoms with Crippen LogP contribution in [-0.2, 0) is 20.9 Å². The van der Waals surface area contributed by atoms with Crippen LogP contribution < -0.4 is 0 Å². The van der Waals surface area contributed by atoms with E-state index in [9.17, 15) is 9.59 Å². The molecule has 0 saturated heterocycles. The first-order valence-corrected chi connectivity index (χ1v) is 6.71. The van der Waals surface area contributed by atoms with Crippen LogP contribution in [0.1, 0.15) is 26.3 Å². The zero-order valence-electron chi connectivity index (χ0n) is 12.5. The lowest BCUT2D eigenvalue weighted by molar-refractivity contribution is -0.147. The second-order valence-corrected chi connectivity index (χ2v) is 5.16. The molecule has 5 nitrogen and oxygen atoms in total. The van der Waals surface area contributed by atoms with Crippen LogP contribution in [0, 0.1) is 11.8 Å². The summed E-state index contributed by atoms with van der Waals surface area (Å²) in [5, 5.41) is 0. The van der Waals surface area contributed by atoms with Crippen molar-refractivity contribution in [3.63, 3.8) is 0 Å². The minimum absolute atomic E-state index is 0.0182. The molecule has 0 fully saturated rings. The van der Waals surface area contributed by atoms with Gasteiger partial charge in [0.05, 0.1) is 13.0 Å². The Morgan fingerprint density at radius 2 is 2.05 bits per heavy atom. The van der Waals surface area contributed by atoms with Gasteiger partial charge in [0, 0.05) is 31.4 Å². The number of esters is 1. The van der Waals surface area contributed by atoms with Gasteiger partial charge in [-0.2, -0.15) is 0 Å². The average molecular weight is 278 g/mol. The maximum absolute atomic E-state index is 12.2. The Hall–Kier alpha value is -1.91. The molecule has 0 radical (unpaired) electrons. The number of hydrogen-bond donors (Lipinski definition) is 0. The van der Waals surface area contributed by atoms with Gasteiger partial charge in [-0.15, -0.1) is 0 Å². The van der Waals surface area contributed by atoms with Crippen molar-refractivity contribution < 1.29 is 14.3 Å². The van der Waals surface area contributed by atoms with Crippen LogP contribution in [0.15, 0.2) is 24.5 Å². The molecule has 20 heavy (non-hydrogen) atoms. The third kappa shape index (κ3) is 4.64. The SMILES string of the molecule is COC(=O)C(C)CN(Cc1cccnc1)C(=O)C(C)C. The monoisotopic (exact) mass is 278 g/mol. The summed E-state index contributed by atoms with van der Waals surface area (Å²) in [6, 6.07) is 3.74. The normalized spacial score (nSPS) is 12.1. The molecule has 0 aliphatic carbocycles. The minimum Gasteiger partial charge on any atom is -0.469 e. The number of pyridine rings is 1. The molecular formula is C15H22N2O3. The Bertz CT molecular complexity index is 446. The second-order valence-electron chi connectivity index (χ2n) is 5.16. The average Bonchev–Trinajstić information content (AvgIpc) is 2.45. The van der Waals surface area contributed by atoms with E-state index in [1.807, 2.05) is 26.0 Å². The highest BCUT2D eigenvalue weighted by molar-refractivity contribution is 5.79. The first kappa shape index (κ1) is 16.1. The molecule has 1 aromatic rings. The van der Waals surface area contributed by atoms with Gasteiger partial charge in [-0.1, -0.05) is 26.8 Å². The highest BCUT2D eigenvalue weighted by Gasteiger charge is 2.23. The fraction of sp³-hybridized carbons (Fsp3) is 0.533. The Kier molecular flexibility index (Phi) is 6.15. The highest BCUT2D eigenvalue weighted by Crippen LogP contribution is 2.11. The Balaban J connectivity index is 2.80. The molecule has 0 aliphatic heterocycles. The number of nitrogens with zero attached hydrogens (tertiary/aromatic N) is 2. The highest BCUT2D eigenvalue weighted by atomic mass is 16.5. The molecule has 0 bridgehead atoms. The Morgan fingerprint density at radius 1 is 1.35 bits per heavy atom. The first-order chi connectivity index (χ1) is 9.45. The molecule has 1 amide bonds. The van der Waals surface area contributed by atoms with Gasteiger partial charge >= 0.3 is 5.97 Å². The molecule has 0 aromatic carbocycles. The summed E-state index contributed by atoms with van der Waals surface area (Å²) in [6.45, 7) is 6.25. The van der Waals surface area contributed by atoms with Crippen molar-refractivity contribution in [1.82, 2.24) is 9.88 Å². The first-order valence-electron chi connectivity index (χ1n) is 6.71. The molecule has 0 aliphatic rings. The maximum Gasteiger partial charge on any atom is 0.310 e. The summed E-state index contributed by atoms with van der Waals surface area (Å²) in [7, 11) is 1.36. The molecule has 1 heterocycles. The Labute approximate surface area is 119 Å². The van der Waals surface area contributed by atoms with E-state index < -0.39 is 0 Å². The number of carbonyl (C=O) groups is 2. The third-order valence-corrected chi connectivity index (χ3v) is 3.00. The minimum atomic E-state index is -0.348. The van der Waals surface area contributed by atoms with Gasteiger partial charge in [0.2, 0.25) is 5.91 Å². The summed E-state index contributed by atoms with van der Waals surface area (Å²) < 4.78 is 4.71. The van der Waals surface area contributed by atoms with Crippen LogP contribution in [0.25, 0.3) is 0 Å². The Morgan fingerprint density at radius 3 is 2.55 bits per heavy atom. The van der Waals surface area contributed by atoms with Crippen LogP contribution in [-0.4, -0.2) is 35.4 Å². The van der Waals surface area contributed by atoms with E-state index in [4.69, 9.17) is 4.74 Å². The van der Waals surface area contributed by atoms with Gasteiger partial charge in [-0.25, -0.2) is 0 Å². The topological polar surface area (TPSA) is 59.5 Å². The van der Waals surface area contributed by atoms with Gasteiger partial charge in [-0.05, 0) is 11.6 Å². The fourth-order valence-electron chi connectivity index (χ4n) is 1.92. The molecule has 1 atom stereocenters. The number of aromatic nitrogens is 1. The third-order valence-electron chi connectivity index (χ3n) is 3.00. The molecule has 110 valence electrons. The van der Waals surface area contributed by atoms with E-state index in [1.54, 1.807) is 24.2 Å². The zero-order valence-corrected chi connectivity index (χ0v) is 12.5. The molecule has 0 spiro atoms. The molecule has 5 heteroatoms. The van der Waals surface area contributed by atoms with E-state index in [-0.39, 0.29) is 23.7 Å². The molecular weight excluding hydrogens is 256 g/mol. The molecule has 0 saturated carbocycles. The number of methoxy groups -OCH3 is 1. The van der Waals surface area contributed by atoms with E-state index in [0.29, 0.717) is 13.1 Å². The maximum atomic E-state index is 12.2. The van der Waals surface area contributed by atoms with Crippen molar-refractivity contribution in [3.05, 3.63) is 30.1 Å². The lowest BCUT2D eigenvalue weighted by atomic mass is 10.1. The summed E-state index contributed by atoms with van der Waals surface area (Å²) in [6.07, 6.45) is 3.42. The largest absolute Gasteiger partial charge is 0.469 e. The van der Waals surface area contributed by atoms with E-state index in [0.717, 1.165) is 5.56 Å². The van der Waals surface area contributed by atoms with Gasteiger partial charge in [0.25, 0.3) is 0 Å². The van der Waals surface area contributed by atoms with Gasteiger partial charge in [0.15, 0.2) is 0 Å². The van der Waals surface area contributed by atoms with Crippen molar-refractivity contribution in [3.8, 4) is 0 Å². The fourth-order valence-corrected chi connectivity index (χ4v) is 1.92. The number of rotatable bonds is 6. The van der Waals surface area contributed by atoms with Gasteiger partial charge in [-0.3, -0.25) is 14.6 Å². The quantitative estimate of drug-likeness (QED) is 0.745. The number of hydrogen-bond acceptors (Lipinski definition) is 4. The van der Waals surface area contributed by atoms with E-state index in [2.05, 4.69) is 4.98 Å². The van der Waals surface area contributed by atoms with E-state index >= 15 is 0 Å². The van der Waals surface area contributed by atoms with Crippen molar-refractivity contribution in [2.75, 3.05) is 13.7 Å². The zero-order chi connectivity index (χ0) is 15.1. The summed E-state index contributed by atoms with van der Waals surface area (Å²) in [4.78, 5) is 29.5. The molecule has 1 rings (SSSR count). The van der Waals surface area contributed by atoms with E-state index in [1.165, 1.54) is 7.11 Å². The standard InChI is InChI=1S/C15H22N2O3/c1-11(2)14(18)17(9-12(3)15(19)20-4)10-13-6-5-7-16-8-13/h5-8,11-12H,9-10H2,1-4H3. The summed E-state index contributed by atoms with van der Waals surface area (Å²) in [5.74, 6) is -0.752.